The Labute approximate surface area is 143 Å². The number of nitrogens with one attached hydrogen (secondary N) is 1. The Kier molecular flexibility index (Phi) is 5.79. The molecule has 2 N–H and O–H groups in total. The van der Waals surface area contributed by atoms with Gasteiger partial charge in [-0.2, -0.15) is 0 Å². The summed E-state index contributed by atoms with van der Waals surface area (Å²) in [7, 11) is -4.31. The second-order valence-corrected chi connectivity index (χ2v) is 7.63. The average Bonchev–Trinajstić information content (AvgIpc) is 2.44. The molecule has 24 heavy (non-hydrogen) atoms. The molecule has 0 bridgehead atoms. The van der Waals surface area contributed by atoms with Crippen LogP contribution < -0.4 is 4.72 Å². The van der Waals surface area contributed by atoms with Crippen LogP contribution in [0.25, 0.3) is 0 Å². The van der Waals surface area contributed by atoms with E-state index in [1.807, 2.05) is 6.92 Å². The van der Waals surface area contributed by atoms with E-state index in [1.54, 1.807) is 4.90 Å². The molecule has 1 saturated carbocycles. The molecule has 0 saturated heterocycles. The minimum Gasteiger partial charge on any atom is -0.480 e. The number of hydrogen-bond acceptors (Lipinski definition) is 4. The van der Waals surface area contributed by atoms with Crippen molar-refractivity contribution in [3.63, 3.8) is 0 Å². The second kappa shape index (κ2) is 7.30. The van der Waals surface area contributed by atoms with Gasteiger partial charge in [0.15, 0.2) is 11.6 Å². The van der Waals surface area contributed by atoms with E-state index in [0.29, 0.717) is 19.4 Å². The van der Waals surface area contributed by atoms with Gasteiger partial charge >= 0.3 is 5.97 Å². The number of sulfonamides is 1. The minimum absolute atomic E-state index is 0.0772. The van der Waals surface area contributed by atoms with Gasteiger partial charge in [0.2, 0.25) is 10.0 Å². The lowest BCUT2D eigenvalue weighted by molar-refractivity contribution is -0.139. The first-order valence-electron chi connectivity index (χ1n) is 7.27. The number of carbonyl (C=O) groups is 1. The van der Waals surface area contributed by atoms with Crippen molar-refractivity contribution >= 4 is 27.6 Å². The second-order valence-electron chi connectivity index (χ2n) is 5.57. The van der Waals surface area contributed by atoms with E-state index in [-0.39, 0.29) is 12.6 Å². The minimum atomic E-state index is -4.31. The number of aliphatic carboxylic acids is 1. The SMILES string of the molecule is CCN(CC(=O)O)C1CC(NS(=O)(=O)c2c(Cl)ccc(F)c2F)C1. The molecule has 1 aromatic carbocycles. The lowest BCUT2D eigenvalue weighted by atomic mass is 9.86. The summed E-state index contributed by atoms with van der Waals surface area (Å²) in [5.74, 6) is -3.79. The summed E-state index contributed by atoms with van der Waals surface area (Å²) in [5.41, 5.74) is 0. The topological polar surface area (TPSA) is 86.7 Å². The zero-order valence-corrected chi connectivity index (χ0v) is 14.4. The Hall–Kier alpha value is -1.29. The van der Waals surface area contributed by atoms with Crippen LogP contribution in [0.1, 0.15) is 19.8 Å². The monoisotopic (exact) mass is 382 g/mol. The zero-order chi connectivity index (χ0) is 18.1. The maximum absolute atomic E-state index is 13.8. The molecule has 0 unspecified atom stereocenters. The van der Waals surface area contributed by atoms with E-state index in [4.69, 9.17) is 16.7 Å². The Balaban J connectivity index is 2.06. The number of halogens is 3. The molecule has 0 amide bonds. The predicted molar refractivity (Wildman–Crippen MR) is 83.4 cm³/mol. The van der Waals surface area contributed by atoms with Crippen molar-refractivity contribution in [3.8, 4) is 0 Å². The van der Waals surface area contributed by atoms with Crippen LogP contribution >= 0.6 is 11.6 Å². The first-order valence-corrected chi connectivity index (χ1v) is 9.13. The van der Waals surface area contributed by atoms with Gasteiger partial charge in [0.25, 0.3) is 0 Å². The Morgan fingerprint density at radius 3 is 2.58 bits per heavy atom. The highest BCUT2D eigenvalue weighted by Gasteiger charge is 2.37. The van der Waals surface area contributed by atoms with Crippen LogP contribution in [-0.4, -0.2) is 49.6 Å². The fourth-order valence-electron chi connectivity index (χ4n) is 2.69. The van der Waals surface area contributed by atoms with Gasteiger partial charge < -0.3 is 5.11 Å². The standard InChI is InChI=1S/C14H17ClF2N2O4S/c1-2-19(7-12(20)21)9-5-8(6-9)18-24(22,23)14-10(15)3-4-11(16)13(14)17/h3-4,8-9,18H,2,5-7H2,1H3,(H,20,21). The van der Waals surface area contributed by atoms with Gasteiger partial charge in [-0.05, 0) is 31.5 Å². The number of rotatable bonds is 7. The van der Waals surface area contributed by atoms with Gasteiger partial charge in [-0.25, -0.2) is 21.9 Å². The normalized spacial score (nSPS) is 20.9. The quantitative estimate of drug-likeness (QED) is 0.703. The zero-order valence-electron chi connectivity index (χ0n) is 12.8. The van der Waals surface area contributed by atoms with Crippen molar-refractivity contribution in [2.75, 3.05) is 13.1 Å². The summed E-state index contributed by atoms with van der Waals surface area (Å²) >= 11 is 5.69. The van der Waals surface area contributed by atoms with E-state index in [1.165, 1.54) is 0 Å². The molecule has 0 aliphatic heterocycles. The smallest absolute Gasteiger partial charge is 0.317 e. The molecule has 0 atom stereocenters. The third-order valence-corrected chi connectivity index (χ3v) is 5.97. The first-order chi connectivity index (χ1) is 11.2. The summed E-state index contributed by atoms with van der Waals surface area (Å²) in [6, 6.07) is 1.17. The molecule has 134 valence electrons. The molecule has 1 aromatic rings. The summed E-state index contributed by atoms with van der Waals surface area (Å²) in [4.78, 5) is 11.6. The third-order valence-electron chi connectivity index (χ3n) is 3.97. The maximum Gasteiger partial charge on any atom is 0.317 e. The number of benzene rings is 1. The lowest BCUT2D eigenvalue weighted by Gasteiger charge is -2.42. The highest BCUT2D eigenvalue weighted by molar-refractivity contribution is 7.89. The Bertz CT molecular complexity index is 739. The molecule has 10 heteroatoms. The fourth-order valence-corrected chi connectivity index (χ4v) is 4.55. The Morgan fingerprint density at radius 2 is 2.04 bits per heavy atom. The molecule has 1 aliphatic rings. The molecular weight excluding hydrogens is 366 g/mol. The Morgan fingerprint density at radius 1 is 1.42 bits per heavy atom. The van der Waals surface area contributed by atoms with Gasteiger partial charge in [-0.15, -0.1) is 0 Å². The molecule has 6 nitrogen and oxygen atoms in total. The van der Waals surface area contributed by atoms with Gasteiger partial charge in [0, 0.05) is 12.1 Å². The van der Waals surface area contributed by atoms with E-state index < -0.39 is 43.6 Å². The summed E-state index contributed by atoms with van der Waals surface area (Å²) < 4.78 is 53.8. The van der Waals surface area contributed by atoms with E-state index >= 15 is 0 Å². The number of hydrogen-bond donors (Lipinski definition) is 2. The van der Waals surface area contributed by atoms with Crippen LogP contribution in [0, 0.1) is 11.6 Å². The van der Waals surface area contributed by atoms with Crippen molar-refractivity contribution in [1.82, 2.24) is 9.62 Å². The van der Waals surface area contributed by atoms with Crippen molar-refractivity contribution < 1.29 is 27.1 Å². The molecule has 2 rings (SSSR count). The number of likely N-dealkylation sites (N-methyl/N-ethyl adjacent to an activating group) is 1. The van der Waals surface area contributed by atoms with E-state index in [2.05, 4.69) is 4.72 Å². The van der Waals surface area contributed by atoms with Gasteiger partial charge in [-0.1, -0.05) is 18.5 Å². The highest BCUT2D eigenvalue weighted by Crippen LogP contribution is 2.30. The summed E-state index contributed by atoms with van der Waals surface area (Å²) in [5, 5.41) is 8.42. The van der Waals surface area contributed by atoms with E-state index in [9.17, 15) is 22.0 Å². The van der Waals surface area contributed by atoms with Crippen LogP contribution in [0.3, 0.4) is 0 Å². The maximum atomic E-state index is 13.8. The molecule has 0 heterocycles. The molecule has 0 radical (unpaired) electrons. The predicted octanol–water partition coefficient (Wildman–Crippen LogP) is 1.83. The van der Waals surface area contributed by atoms with Crippen molar-refractivity contribution in [3.05, 3.63) is 28.8 Å². The molecule has 0 aromatic heterocycles. The molecular formula is C14H17ClF2N2O4S. The van der Waals surface area contributed by atoms with Gasteiger partial charge in [-0.3, -0.25) is 9.69 Å². The van der Waals surface area contributed by atoms with Crippen molar-refractivity contribution in [2.45, 2.75) is 36.7 Å². The van der Waals surface area contributed by atoms with Crippen molar-refractivity contribution in [2.24, 2.45) is 0 Å². The largest absolute Gasteiger partial charge is 0.480 e. The molecule has 1 fully saturated rings. The van der Waals surface area contributed by atoms with Crippen LogP contribution in [0.2, 0.25) is 5.02 Å². The highest BCUT2D eigenvalue weighted by atomic mass is 35.5. The summed E-state index contributed by atoms with van der Waals surface area (Å²) in [6.07, 6.45) is 0.768. The fraction of sp³-hybridized carbons (Fsp3) is 0.500. The van der Waals surface area contributed by atoms with Gasteiger partial charge in [0.05, 0.1) is 11.6 Å². The van der Waals surface area contributed by atoms with Crippen molar-refractivity contribution in [1.29, 1.82) is 0 Å². The number of carboxylic acids is 1. The number of carboxylic acid groups (broad SMARTS) is 1. The average molecular weight is 383 g/mol. The van der Waals surface area contributed by atoms with E-state index in [0.717, 1.165) is 12.1 Å². The lowest BCUT2D eigenvalue weighted by Crippen LogP contribution is -2.54. The number of nitrogens with zero attached hydrogens (tertiary/aromatic N) is 1. The van der Waals surface area contributed by atoms with Crippen LogP contribution in [0.4, 0.5) is 8.78 Å². The summed E-state index contributed by atoms with van der Waals surface area (Å²) in [6.45, 7) is 2.19. The third kappa shape index (κ3) is 4.02. The van der Waals surface area contributed by atoms with Crippen LogP contribution in [0.15, 0.2) is 17.0 Å². The van der Waals surface area contributed by atoms with Gasteiger partial charge in [0.1, 0.15) is 4.90 Å². The molecule has 0 spiro atoms. The molecule has 1 aliphatic carbocycles. The van der Waals surface area contributed by atoms with Crippen LogP contribution in [-0.2, 0) is 14.8 Å². The van der Waals surface area contributed by atoms with Crippen LogP contribution in [0.5, 0.6) is 0 Å². The first kappa shape index (κ1) is 19.0.